The molecule has 0 fully saturated rings. The van der Waals surface area contributed by atoms with Crippen molar-refractivity contribution in [3.63, 3.8) is 0 Å². The van der Waals surface area contributed by atoms with Gasteiger partial charge in [-0.05, 0) is 55.0 Å². The Labute approximate surface area is 218 Å². The number of H-pyrrole nitrogens is 1. The lowest BCUT2D eigenvalue weighted by Gasteiger charge is -2.15. The van der Waals surface area contributed by atoms with Crippen LogP contribution in [0.15, 0.2) is 47.5 Å². The Kier molecular flexibility index (Phi) is 9.13. The van der Waals surface area contributed by atoms with Gasteiger partial charge < -0.3 is 19.8 Å². The predicted molar refractivity (Wildman–Crippen MR) is 140 cm³/mol. The van der Waals surface area contributed by atoms with Crippen LogP contribution in [0.1, 0.15) is 49.9 Å². The lowest BCUT2D eigenvalue weighted by Crippen LogP contribution is -2.25. The van der Waals surface area contributed by atoms with Crippen molar-refractivity contribution in [1.29, 1.82) is 0 Å². The molecule has 0 aliphatic carbocycles. The molecule has 204 valence electrons. The number of nitrogens with one attached hydrogen (secondary N) is 2. The number of aromatic amines is 1. The molecule has 0 aliphatic rings. The molecule has 0 saturated heterocycles. The largest absolute Gasteiger partial charge is 0.418 e. The van der Waals surface area contributed by atoms with E-state index in [1.54, 1.807) is 38.5 Å². The van der Waals surface area contributed by atoms with Crippen LogP contribution in [0.4, 0.5) is 18.9 Å². The highest BCUT2D eigenvalue weighted by Crippen LogP contribution is 2.35. The first kappa shape index (κ1) is 28.7. The number of unbranched alkanes of at least 4 members (excludes halogenated alkanes) is 1. The van der Waals surface area contributed by atoms with Gasteiger partial charge in [0.25, 0.3) is 5.56 Å². The number of carbonyl (C=O) groups excluding carboxylic acids is 2. The SMILES string of the molecule is CC(C)Cc1c(C(F)(F)F)cnc2cc(Cn3cccc(NC(=O)CCC/C=C/C(=O)N(C)C)c3=O)[nH]c12. The number of anilines is 1. The first-order chi connectivity index (χ1) is 17.9. The summed E-state index contributed by atoms with van der Waals surface area (Å²) in [7, 11) is 3.30. The number of hydrogen-bond acceptors (Lipinski definition) is 4. The summed E-state index contributed by atoms with van der Waals surface area (Å²) < 4.78 is 42.2. The number of allylic oxidation sites excluding steroid dienone is 1. The zero-order valence-electron chi connectivity index (χ0n) is 21.9. The third-order valence-corrected chi connectivity index (χ3v) is 5.84. The maximum atomic E-state index is 13.6. The molecule has 0 aromatic carbocycles. The van der Waals surface area contributed by atoms with Crippen LogP contribution in [0, 0.1) is 5.92 Å². The number of amides is 2. The molecule has 0 radical (unpaired) electrons. The Morgan fingerprint density at radius 3 is 2.66 bits per heavy atom. The van der Waals surface area contributed by atoms with Gasteiger partial charge in [-0.15, -0.1) is 0 Å². The summed E-state index contributed by atoms with van der Waals surface area (Å²) in [6.45, 7) is 3.75. The molecule has 0 spiro atoms. The van der Waals surface area contributed by atoms with E-state index in [1.165, 1.54) is 21.6 Å². The monoisotopic (exact) mass is 531 g/mol. The second kappa shape index (κ2) is 12.1. The molecular formula is C27H32F3N5O3. The van der Waals surface area contributed by atoms with Crippen molar-refractivity contribution in [3.05, 3.63) is 69.9 Å². The van der Waals surface area contributed by atoms with Crippen LogP contribution in [0.5, 0.6) is 0 Å². The van der Waals surface area contributed by atoms with Crippen LogP contribution in [0.25, 0.3) is 11.0 Å². The third-order valence-electron chi connectivity index (χ3n) is 5.84. The number of pyridine rings is 2. The first-order valence-electron chi connectivity index (χ1n) is 12.3. The molecule has 0 saturated carbocycles. The van der Waals surface area contributed by atoms with Crippen molar-refractivity contribution >= 4 is 28.5 Å². The van der Waals surface area contributed by atoms with Crippen LogP contribution in [0.2, 0.25) is 0 Å². The number of carbonyl (C=O) groups is 2. The van der Waals surface area contributed by atoms with Crippen molar-refractivity contribution < 1.29 is 22.8 Å². The number of hydrogen-bond donors (Lipinski definition) is 2. The van der Waals surface area contributed by atoms with E-state index < -0.39 is 17.3 Å². The zero-order valence-corrected chi connectivity index (χ0v) is 21.9. The molecule has 0 aliphatic heterocycles. The van der Waals surface area contributed by atoms with E-state index in [9.17, 15) is 27.6 Å². The molecule has 2 amide bonds. The summed E-state index contributed by atoms with van der Waals surface area (Å²) in [6.07, 6.45) is 2.45. The van der Waals surface area contributed by atoms with Gasteiger partial charge in [-0.2, -0.15) is 13.2 Å². The normalized spacial score (nSPS) is 12.0. The fourth-order valence-electron chi connectivity index (χ4n) is 3.99. The highest BCUT2D eigenvalue weighted by Gasteiger charge is 2.35. The molecule has 8 nitrogen and oxygen atoms in total. The number of halogens is 3. The lowest BCUT2D eigenvalue weighted by atomic mass is 9.98. The molecule has 0 unspecified atom stereocenters. The molecule has 0 atom stereocenters. The number of likely N-dealkylation sites (N-methyl/N-ethyl adjacent to an activating group) is 1. The van der Waals surface area contributed by atoms with Crippen LogP contribution < -0.4 is 10.9 Å². The maximum absolute atomic E-state index is 13.6. The molecule has 3 aromatic rings. The van der Waals surface area contributed by atoms with E-state index >= 15 is 0 Å². The van der Waals surface area contributed by atoms with E-state index in [-0.39, 0.29) is 48.4 Å². The summed E-state index contributed by atoms with van der Waals surface area (Å²) in [5, 5.41) is 2.62. The van der Waals surface area contributed by atoms with Crippen molar-refractivity contribution in [2.75, 3.05) is 19.4 Å². The highest BCUT2D eigenvalue weighted by atomic mass is 19.4. The second-order valence-electron chi connectivity index (χ2n) is 9.73. The van der Waals surface area contributed by atoms with Crippen LogP contribution >= 0.6 is 0 Å². The number of aromatic nitrogens is 3. The Morgan fingerprint density at radius 2 is 2.00 bits per heavy atom. The number of rotatable bonds is 10. The van der Waals surface area contributed by atoms with Gasteiger partial charge in [0, 0.05) is 38.6 Å². The zero-order chi connectivity index (χ0) is 28.0. The van der Waals surface area contributed by atoms with Crippen molar-refractivity contribution in [2.45, 2.75) is 52.3 Å². The van der Waals surface area contributed by atoms with E-state index in [0.29, 0.717) is 29.6 Å². The van der Waals surface area contributed by atoms with Gasteiger partial charge >= 0.3 is 6.18 Å². The lowest BCUT2D eigenvalue weighted by molar-refractivity contribution is -0.138. The van der Waals surface area contributed by atoms with Gasteiger partial charge in [-0.25, -0.2) is 0 Å². The summed E-state index contributed by atoms with van der Waals surface area (Å²) in [4.78, 5) is 45.3. The molecule has 0 bridgehead atoms. The molecule has 38 heavy (non-hydrogen) atoms. The predicted octanol–water partition coefficient (Wildman–Crippen LogP) is 4.74. The van der Waals surface area contributed by atoms with Crippen molar-refractivity contribution in [2.24, 2.45) is 5.92 Å². The van der Waals surface area contributed by atoms with Crippen molar-refractivity contribution in [3.8, 4) is 0 Å². The van der Waals surface area contributed by atoms with Gasteiger partial charge in [-0.1, -0.05) is 19.9 Å². The average molecular weight is 532 g/mol. The Balaban J connectivity index is 1.74. The van der Waals surface area contributed by atoms with E-state index in [4.69, 9.17) is 0 Å². The Hall–Kier alpha value is -3.89. The van der Waals surface area contributed by atoms with Gasteiger partial charge in [-0.3, -0.25) is 19.4 Å². The third kappa shape index (κ3) is 7.33. The summed E-state index contributed by atoms with van der Waals surface area (Å²) >= 11 is 0. The van der Waals surface area contributed by atoms with Gasteiger partial charge in [0.2, 0.25) is 11.8 Å². The average Bonchev–Trinajstić information content (AvgIpc) is 3.23. The Morgan fingerprint density at radius 1 is 1.26 bits per heavy atom. The minimum absolute atomic E-state index is 0.00655. The smallest absolute Gasteiger partial charge is 0.355 e. The summed E-state index contributed by atoms with van der Waals surface area (Å²) in [5.41, 5.74) is 0.255. The summed E-state index contributed by atoms with van der Waals surface area (Å²) in [6, 6.07) is 4.74. The number of fused-ring (bicyclic) bond motifs is 1. The fraction of sp³-hybridized carbons (Fsp3) is 0.407. The molecule has 2 N–H and O–H groups in total. The molecule has 3 heterocycles. The van der Waals surface area contributed by atoms with E-state index in [1.807, 2.05) is 13.8 Å². The van der Waals surface area contributed by atoms with Gasteiger partial charge in [0.05, 0.1) is 23.1 Å². The topological polar surface area (TPSA) is 100 Å². The molecule has 11 heteroatoms. The van der Waals surface area contributed by atoms with Crippen LogP contribution in [-0.4, -0.2) is 45.3 Å². The van der Waals surface area contributed by atoms with Gasteiger partial charge in [0.1, 0.15) is 5.69 Å². The van der Waals surface area contributed by atoms with Crippen molar-refractivity contribution in [1.82, 2.24) is 19.4 Å². The minimum Gasteiger partial charge on any atom is -0.355 e. The van der Waals surface area contributed by atoms with Gasteiger partial charge in [0.15, 0.2) is 0 Å². The standard InChI is InChI=1S/C27H32F3N5O3/c1-17(2)13-19-20(27(28,29)30)15-31-22-14-18(32-25(19)22)16-35-12-8-9-21(26(35)38)33-23(36)10-6-5-7-11-24(37)34(3)4/h7-9,11-12,14-15,17,32H,5-6,10,13,16H2,1-4H3,(H,33,36)/b11-7+. The first-order valence-corrected chi connectivity index (χ1v) is 12.3. The number of nitrogens with zero attached hydrogens (tertiary/aromatic N) is 3. The van der Waals surface area contributed by atoms with Crippen LogP contribution in [0.3, 0.4) is 0 Å². The molecule has 3 aromatic heterocycles. The second-order valence-corrected chi connectivity index (χ2v) is 9.73. The fourth-order valence-corrected chi connectivity index (χ4v) is 3.99. The summed E-state index contributed by atoms with van der Waals surface area (Å²) in [5.74, 6) is -0.477. The number of alkyl halides is 3. The van der Waals surface area contributed by atoms with Crippen LogP contribution in [-0.2, 0) is 28.7 Å². The van der Waals surface area contributed by atoms with E-state index in [0.717, 1.165) is 6.20 Å². The molecule has 3 rings (SSSR count). The molecular weight excluding hydrogens is 499 g/mol. The van der Waals surface area contributed by atoms with E-state index in [2.05, 4.69) is 15.3 Å². The quantitative estimate of drug-likeness (QED) is 0.292. The Bertz CT molecular complexity index is 1390. The minimum atomic E-state index is -4.53. The maximum Gasteiger partial charge on any atom is 0.418 e. The highest BCUT2D eigenvalue weighted by molar-refractivity contribution is 5.90.